The van der Waals surface area contributed by atoms with Gasteiger partial charge in [-0.05, 0) is 46.5 Å². The maximum atomic E-state index is 12.0. The summed E-state index contributed by atoms with van der Waals surface area (Å²) in [7, 11) is 0. The van der Waals surface area contributed by atoms with Crippen molar-refractivity contribution in [2.45, 2.75) is 78.4 Å². The monoisotopic (exact) mass is 255 g/mol. The van der Waals surface area contributed by atoms with Crippen LogP contribution in [-0.2, 0) is 4.74 Å². The summed E-state index contributed by atoms with van der Waals surface area (Å²) in [5, 5.41) is 0. The molecule has 0 spiro atoms. The summed E-state index contributed by atoms with van der Waals surface area (Å²) in [4.78, 5) is 13.9. The molecule has 2 atom stereocenters. The Balaban J connectivity index is 2.44. The molecule has 3 nitrogen and oxygen atoms in total. The number of ether oxygens (including phenoxy) is 1. The fourth-order valence-corrected chi connectivity index (χ4v) is 2.62. The van der Waals surface area contributed by atoms with Crippen LogP contribution in [0, 0.1) is 5.92 Å². The minimum Gasteiger partial charge on any atom is -0.444 e. The summed E-state index contributed by atoms with van der Waals surface area (Å²) in [6.07, 6.45) is 5.99. The normalized spacial score (nSPS) is 25.1. The van der Waals surface area contributed by atoms with Crippen molar-refractivity contribution in [3.63, 3.8) is 0 Å². The van der Waals surface area contributed by atoms with E-state index in [0.29, 0.717) is 6.04 Å². The highest BCUT2D eigenvalue weighted by Crippen LogP contribution is 2.28. The number of carbonyl (C=O) groups is 1. The third kappa shape index (κ3) is 4.87. The quantitative estimate of drug-likeness (QED) is 0.756. The van der Waals surface area contributed by atoms with Gasteiger partial charge in [-0.25, -0.2) is 4.79 Å². The van der Waals surface area contributed by atoms with Crippen LogP contribution < -0.4 is 0 Å². The van der Waals surface area contributed by atoms with E-state index < -0.39 is 5.60 Å². The van der Waals surface area contributed by atoms with Gasteiger partial charge in [0, 0.05) is 12.6 Å². The van der Waals surface area contributed by atoms with Gasteiger partial charge >= 0.3 is 6.09 Å². The molecular formula is C15H29NO2. The molecule has 0 aromatic carbocycles. The summed E-state index contributed by atoms with van der Waals surface area (Å²) in [6, 6.07) is 0.315. The molecule has 3 heteroatoms. The summed E-state index contributed by atoms with van der Waals surface area (Å²) >= 11 is 0. The number of rotatable bonds is 3. The second-order valence-corrected chi connectivity index (χ2v) is 6.56. The van der Waals surface area contributed by atoms with Gasteiger partial charge in [-0.3, -0.25) is 0 Å². The molecule has 0 saturated carbocycles. The van der Waals surface area contributed by atoms with Crippen LogP contribution in [0.15, 0.2) is 0 Å². The molecule has 0 radical (unpaired) electrons. The summed E-state index contributed by atoms with van der Waals surface area (Å²) < 4.78 is 5.45. The largest absolute Gasteiger partial charge is 0.444 e. The van der Waals surface area contributed by atoms with Crippen molar-refractivity contribution >= 4 is 6.09 Å². The fourth-order valence-electron chi connectivity index (χ4n) is 2.62. The van der Waals surface area contributed by atoms with Gasteiger partial charge < -0.3 is 9.64 Å². The van der Waals surface area contributed by atoms with Crippen molar-refractivity contribution < 1.29 is 9.53 Å². The van der Waals surface area contributed by atoms with Gasteiger partial charge in [0.25, 0.3) is 0 Å². The number of hydrogen-bond acceptors (Lipinski definition) is 2. The van der Waals surface area contributed by atoms with Crippen LogP contribution in [0.1, 0.15) is 66.7 Å². The van der Waals surface area contributed by atoms with Crippen molar-refractivity contribution in [3.05, 3.63) is 0 Å². The molecule has 1 amide bonds. The first-order chi connectivity index (χ1) is 8.33. The fraction of sp³-hybridized carbons (Fsp3) is 0.933. The highest BCUT2D eigenvalue weighted by Gasteiger charge is 2.31. The van der Waals surface area contributed by atoms with E-state index in [1.165, 1.54) is 19.3 Å². The Labute approximate surface area is 112 Å². The lowest BCUT2D eigenvalue weighted by atomic mass is 9.88. The third-order valence-corrected chi connectivity index (χ3v) is 3.58. The molecule has 1 heterocycles. The average molecular weight is 255 g/mol. The van der Waals surface area contributed by atoms with Crippen LogP contribution in [0.3, 0.4) is 0 Å². The Hall–Kier alpha value is -0.730. The second kappa shape index (κ2) is 6.44. The molecule has 1 aliphatic heterocycles. The predicted octanol–water partition coefficient (Wildman–Crippen LogP) is 4.21. The SMILES string of the molecule is CCCCC1CCN(C(=O)OC(C)(C)C)C(C)C1. The van der Waals surface area contributed by atoms with Crippen LogP contribution >= 0.6 is 0 Å². The number of unbranched alkanes of at least 4 members (excludes halogenated alkanes) is 1. The summed E-state index contributed by atoms with van der Waals surface area (Å²) in [6.45, 7) is 11.0. The zero-order valence-corrected chi connectivity index (χ0v) is 12.7. The molecule has 1 rings (SSSR count). The molecule has 0 aromatic rings. The van der Waals surface area contributed by atoms with Crippen molar-refractivity contribution in [1.29, 1.82) is 0 Å². The zero-order valence-electron chi connectivity index (χ0n) is 12.7. The number of nitrogens with zero attached hydrogens (tertiary/aromatic N) is 1. The van der Waals surface area contributed by atoms with Gasteiger partial charge in [0.15, 0.2) is 0 Å². The minimum absolute atomic E-state index is 0.149. The van der Waals surface area contributed by atoms with Crippen LogP contribution in [0.25, 0.3) is 0 Å². The average Bonchev–Trinajstić information content (AvgIpc) is 2.23. The maximum absolute atomic E-state index is 12.0. The lowest BCUT2D eigenvalue weighted by Gasteiger charge is -2.38. The summed E-state index contributed by atoms with van der Waals surface area (Å²) in [5.74, 6) is 0.790. The van der Waals surface area contributed by atoms with Crippen molar-refractivity contribution in [2.24, 2.45) is 5.92 Å². The first kappa shape index (κ1) is 15.3. The van der Waals surface area contributed by atoms with E-state index >= 15 is 0 Å². The molecular weight excluding hydrogens is 226 g/mol. The summed E-state index contributed by atoms with van der Waals surface area (Å²) in [5.41, 5.74) is -0.393. The van der Waals surface area contributed by atoms with Gasteiger partial charge in [-0.1, -0.05) is 26.2 Å². The first-order valence-corrected chi connectivity index (χ1v) is 7.33. The van der Waals surface area contributed by atoms with E-state index in [1.54, 1.807) is 0 Å². The lowest BCUT2D eigenvalue weighted by Crippen LogP contribution is -2.46. The Bertz CT molecular complexity index is 270. The van der Waals surface area contributed by atoms with Crippen molar-refractivity contribution in [1.82, 2.24) is 4.90 Å². The highest BCUT2D eigenvalue weighted by atomic mass is 16.6. The number of piperidine rings is 1. The molecule has 1 saturated heterocycles. The number of hydrogen-bond donors (Lipinski definition) is 0. The van der Waals surface area contributed by atoms with Crippen LogP contribution in [0.5, 0.6) is 0 Å². The molecule has 0 bridgehead atoms. The van der Waals surface area contributed by atoms with E-state index in [-0.39, 0.29) is 6.09 Å². The first-order valence-electron chi connectivity index (χ1n) is 7.33. The standard InChI is InChI=1S/C15H29NO2/c1-6-7-8-13-9-10-16(12(2)11-13)14(17)18-15(3,4)5/h12-13H,6-11H2,1-5H3. The highest BCUT2D eigenvalue weighted by molar-refractivity contribution is 5.68. The van der Waals surface area contributed by atoms with Crippen molar-refractivity contribution in [3.8, 4) is 0 Å². The molecule has 1 aliphatic rings. The Kier molecular flexibility index (Phi) is 5.48. The lowest BCUT2D eigenvalue weighted by molar-refractivity contribution is 0.00664. The van der Waals surface area contributed by atoms with Gasteiger partial charge in [-0.2, -0.15) is 0 Å². The molecule has 2 unspecified atom stereocenters. The van der Waals surface area contributed by atoms with Gasteiger partial charge in [0.2, 0.25) is 0 Å². The smallest absolute Gasteiger partial charge is 0.410 e. The van der Waals surface area contributed by atoms with E-state index in [4.69, 9.17) is 4.74 Å². The van der Waals surface area contributed by atoms with E-state index in [2.05, 4.69) is 13.8 Å². The van der Waals surface area contributed by atoms with E-state index in [0.717, 1.165) is 25.3 Å². The maximum Gasteiger partial charge on any atom is 0.410 e. The molecule has 106 valence electrons. The molecule has 0 aromatic heterocycles. The van der Waals surface area contributed by atoms with Crippen LogP contribution in [0.4, 0.5) is 4.79 Å². The van der Waals surface area contributed by atoms with Crippen LogP contribution in [0.2, 0.25) is 0 Å². The van der Waals surface area contributed by atoms with E-state index in [9.17, 15) is 4.79 Å². The number of amides is 1. The Morgan fingerprint density at radius 1 is 1.39 bits per heavy atom. The van der Waals surface area contributed by atoms with Crippen LogP contribution in [-0.4, -0.2) is 29.2 Å². The van der Waals surface area contributed by atoms with Gasteiger partial charge in [-0.15, -0.1) is 0 Å². The zero-order chi connectivity index (χ0) is 13.8. The van der Waals surface area contributed by atoms with Gasteiger partial charge in [0.05, 0.1) is 0 Å². The predicted molar refractivity (Wildman–Crippen MR) is 74.7 cm³/mol. The topological polar surface area (TPSA) is 29.5 Å². The Morgan fingerprint density at radius 3 is 2.56 bits per heavy atom. The molecule has 0 aliphatic carbocycles. The minimum atomic E-state index is -0.393. The van der Waals surface area contributed by atoms with Crippen molar-refractivity contribution in [2.75, 3.05) is 6.54 Å². The second-order valence-electron chi connectivity index (χ2n) is 6.56. The molecule has 18 heavy (non-hydrogen) atoms. The molecule has 1 fully saturated rings. The number of likely N-dealkylation sites (tertiary alicyclic amines) is 1. The number of carbonyl (C=O) groups excluding carboxylic acids is 1. The van der Waals surface area contributed by atoms with Gasteiger partial charge in [0.1, 0.15) is 5.60 Å². The van der Waals surface area contributed by atoms with E-state index in [1.807, 2.05) is 25.7 Å². The third-order valence-electron chi connectivity index (χ3n) is 3.58. The molecule has 0 N–H and O–H groups in total. The Morgan fingerprint density at radius 2 is 2.06 bits per heavy atom.